The van der Waals surface area contributed by atoms with Crippen LogP contribution in [-0.2, 0) is 16.6 Å². The zero-order valence-corrected chi connectivity index (χ0v) is 11.9. The van der Waals surface area contributed by atoms with Crippen LogP contribution in [0, 0.1) is 24.6 Å². The molecular weight excluding hydrogens is 267 g/mol. The molecular formula is C13H19FN2O2S. The lowest BCUT2D eigenvalue weighted by atomic mass is 10.1. The number of rotatable bonds is 5. The summed E-state index contributed by atoms with van der Waals surface area (Å²) in [6.07, 6.45) is 1.05. The zero-order chi connectivity index (χ0) is 14.2. The van der Waals surface area contributed by atoms with E-state index in [9.17, 15) is 12.8 Å². The van der Waals surface area contributed by atoms with Gasteiger partial charge in [0, 0.05) is 18.7 Å². The first-order valence-corrected chi connectivity index (χ1v) is 7.82. The summed E-state index contributed by atoms with van der Waals surface area (Å²) in [7, 11) is -3.58. The molecule has 0 aromatic heterocycles. The number of aryl methyl sites for hydroxylation is 1. The summed E-state index contributed by atoms with van der Waals surface area (Å²) in [6.45, 7) is 4.05. The third-order valence-corrected chi connectivity index (χ3v) is 5.05. The minimum absolute atomic E-state index is 0.0182. The number of nitrogens with two attached hydrogens (primary N) is 1. The van der Waals surface area contributed by atoms with E-state index in [-0.39, 0.29) is 17.0 Å². The van der Waals surface area contributed by atoms with Crippen LogP contribution in [0.2, 0.25) is 0 Å². The molecule has 0 radical (unpaired) electrons. The number of sulfonamides is 1. The van der Waals surface area contributed by atoms with Gasteiger partial charge in [-0.3, -0.25) is 0 Å². The molecule has 2 unspecified atom stereocenters. The van der Waals surface area contributed by atoms with E-state index in [0.717, 1.165) is 6.42 Å². The van der Waals surface area contributed by atoms with Crippen LogP contribution in [0.15, 0.2) is 17.0 Å². The van der Waals surface area contributed by atoms with E-state index in [1.807, 2.05) is 0 Å². The van der Waals surface area contributed by atoms with Crippen molar-refractivity contribution in [2.24, 2.45) is 17.6 Å². The highest BCUT2D eigenvalue weighted by Crippen LogP contribution is 2.37. The molecule has 4 nitrogen and oxygen atoms in total. The first-order chi connectivity index (χ1) is 8.85. The SMILES string of the molecule is Cc1cc(S(=O)(=O)NCC2CC2C)cc(CN)c1F. The fourth-order valence-electron chi connectivity index (χ4n) is 2.09. The molecule has 3 N–H and O–H groups in total. The second kappa shape index (κ2) is 5.19. The van der Waals surface area contributed by atoms with Gasteiger partial charge in [-0.2, -0.15) is 0 Å². The van der Waals surface area contributed by atoms with E-state index in [1.54, 1.807) is 0 Å². The van der Waals surface area contributed by atoms with E-state index in [0.29, 0.717) is 23.9 Å². The van der Waals surface area contributed by atoms with E-state index in [4.69, 9.17) is 5.73 Å². The van der Waals surface area contributed by atoms with Crippen LogP contribution in [-0.4, -0.2) is 15.0 Å². The monoisotopic (exact) mass is 286 g/mol. The van der Waals surface area contributed by atoms with Gasteiger partial charge >= 0.3 is 0 Å². The zero-order valence-electron chi connectivity index (χ0n) is 11.1. The Morgan fingerprint density at radius 3 is 2.63 bits per heavy atom. The Morgan fingerprint density at radius 1 is 1.47 bits per heavy atom. The molecule has 0 bridgehead atoms. The van der Waals surface area contributed by atoms with Gasteiger partial charge in [0.1, 0.15) is 5.82 Å². The molecule has 1 aliphatic rings. The number of hydrogen-bond acceptors (Lipinski definition) is 3. The van der Waals surface area contributed by atoms with Gasteiger partial charge in [0.05, 0.1) is 4.90 Å². The molecule has 1 aromatic carbocycles. The van der Waals surface area contributed by atoms with E-state index >= 15 is 0 Å². The Balaban J connectivity index is 2.22. The number of halogens is 1. The molecule has 1 saturated carbocycles. The molecule has 0 spiro atoms. The maximum absolute atomic E-state index is 13.7. The lowest BCUT2D eigenvalue weighted by molar-refractivity contribution is 0.571. The maximum Gasteiger partial charge on any atom is 0.240 e. The molecule has 2 atom stereocenters. The second-order valence-electron chi connectivity index (χ2n) is 5.24. The van der Waals surface area contributed by atoms with Gasteiger partial charge in [-0.05, 0) is 42.9 Å². The van der Waals surface area contributed by atoms with Crippen LogP contribution in [0.3, 0.4) is 0 Å². The predicted molar refractivity (Wildman–Crippen MR) is 71.5 cm³/mol. The number of benzene rings is 1. The minimum Gasteiger partial charge on any atom is -0.326 e. The highest BCUT2D eigenvalue weighted by molar-refractivity contribution is 7.89. The summed E-state index contributed by atoms with van der Waals surface area (Å²) in [5, 5.41) is 0. The Labute approximate surface area is 113 Å². The molecule has 2 rings (SSSR count). The second-order valence-corrected chi connectivity index (χ2v) is 7.01. The highest BCUT2D eigenvalue weighted by Gasteiger charge is 2.33. The molecule has 6 heteroatoms. The smallest absolute Gasteiger partial charge is 0.240 e. The molecule has 1 aromatic rings. The van der Waals surface area contributed by atoms with E-state index < -0.39 is 15.8 Å². The van der Waals surface area contributed by atoms with Gasteiger partial charge < -0.3 is 5.73 Å². The third kappa shape index (κ3) is 3.13. The lowest BCUT2D eigenvalue weighted by Crippen LogP contribution is -2.26. The molecule has 106 valence electrons. The van der Waals surface area contributed by atoms with Gasteiger partial charge in [0.15, 0.2) is 0 Å². The van der Waals surface area contributed by atoms with Crippen molar-refractivity contribution < 1.29 is 12.8 Å². The number of nitrogens with one attached hydrogen (secondary N) is 1. The van der Waals surface area contributed by atoms with Crippen molar-refractivity contribution in [1.82, 2.24) is 4.72 Å². The van der Waals surface area contributed by atoms with Gasteiger partial charge in [-0.25, -0.2) is 17.5 Å². The molecule has 19 heavy (non-hydrogen) atoms. The fourth-order valence-corrected chi connectivity index (χ4v) is 3.32. The van der Waals surface area contributed by atoms with Crippen LogP contribution in [0.25, 0.3) is 0 Å². The average molecular weight is 286 g/mol. The summed E-state index contributed by atoms with van der Waals surface area (Å²) < 4.78 is 40.5. The number of hydrogen-bond donors (Lipinski definition) is 2. The maximum atomic E-state index is 13.7. The molecule has 1 aliphatic carbocycles. The Bertz CT molecular complexity index is 587. The molecule has 0 aliphatic heterocycles. The van der Waals surface area contributed by atoms with Crippen molar-refractivity contribution in [3.63, 3.8) is 0 Å². The van der Waals surface area contributed by atoms with Crippen LogP contribution >= 0.6 is 0 Å². The van der Waals surface area contributed by atoms with Crippen LogP contribution in [0.1, 0.15) is 24.5 Å². The van der Waals surface area contributed by atoms with Gasteiger partial charge in [-0.15, -0.1) is 0 Å². The van der Waals surface area contributed by atoms with Gasteiger partial charge in [0.25, 0.3) is 0 Å². The Kier molecular flexibility index (Phi) is 3.94. The van der Waals surface area contributed by atoms with Crippen molar-refractivity contribution in [2.75, 3.05) is 6.54 Å². The first-order valence-electron chi connectivity index (χ1n) is 6.34. The molecule has 1 fully saturated rings. The Morgan fingerprint density at radius 2 is 2.11 bits per heavy atom. The summed E-state index contributed by atoms with van der Waals surface area (Å²) in [6, 6.07) is 2.65. The van der Waals surface area contributed by atoms with Crippen LogP contribution in [0.5, 0.6) is 0 Å². The van der Waals surface area contributed by atoms with Crippen molar-refractivity contribution in [3.8, 4) is 0 Å². The summed E-state index contributed by atoms with van der Waals surface area (Å²) in [4.78, 5) is 0.0835. The fraction of sp³-hybridized carbons (Fsp3) is 0.538. The quantitative estimate of drug-likeness (QED) is 0.862. The van der Waals surface area contributed by atoms with Crippen LogP contribution < -0.4 is 10.5 Å². The first kappa shape index (κ1) is 14.4. The highest BCUT2D eigenvalue weighted by atomic mass is 32.2. The van der Waals surface area contributed by atoms with Gasteiger partial charge in [-0.1, -0.05) is 6.92 Å². The van der Waals surface area contributed by atoms with Crippen molar-refractivity contribution in [1.29, 1.82) is 0 Å². The van der Waals surface area contributed by atoms with E-state index in [1.165, 1.54) is 19.1 Å². The van der Waals surface area contributed by atoms with E-state index in [2.05, 4.69) is 11.6 Å². The van der Waals surface area contributed by atoms with Crippen molar-refractivity contribution in [3.05, 3.63) is 29.1 Å². The minimum atomic E-state index is -3.58. The predicted octanol–water partition coefficient (Wildman–Crippen LogP) is 1.53. The van der Waals surface area contributed by atoms with Crippen molar-refractivity contribution >= 4 is 10.0 Å². The van der Waals surface area contributed by atoms with Crippen LogP contribution in [0.4, 0.5) is 4.39 Å². The standard InChI is InChI=1S/C13H19FN2O2S/c1-8-3-11(8)7-16-19(17,18)12-4-9(2)13(14)10(5-12)6-15/h4-5,8,11,16H,3,6-7,15H2,1-2H3. The summed E-state index contributed by atoms with van der Waals surface area (Å²) >= 11 is 0. The van der Waals surface area contributed by atoms with Gasteiger partial charge in [0.2, 0.25) is 10.0 Å². The average Bonchev–Trinajstić information content (AvgIpc) is 3.06. The normalized spacial score (nSPS) is 22.5. The molecule has 0 heterocycles. The third-order valence-electron chi connectivity index (χ3n) is 3.65. The largest absolute Gasteiger partial charge is 0.326 e. The Hall–Kier alpha value is -0.980. The molecule has 0 saturated heterocycles. The topological polar surface area (TPSA) is 72.2 Å². The molecule has 0 amide bonds. The van der Waals surface area contributed by atoms with Crippen molar-refractivity contribution in [2.45, 2.75) is 31.7 Å². The summed E-state index contributed by atoms with van der Waals surface area (Å²) in [5.41, 5.74) is 5.94. The lowest BCUT2D eigenvalue weighted by Gasteiger charge is -2.10. The summed E-state index contributed by atoms with van der Waals surface area (Å²) in [5.74, 6) is 0.569.